The van der Waals surface area contributed by atoms with Crippen LogP contribution >= 0.6 is 0 Å². The summed E-state index contributed by atoms with van der Waals surface area (Å²) in [5.41, 5.74) is 5.84. The Hall–Kier alpha value is -0.650. The molecule has 3 N–H and O–H groups in total. The van der Waals surface area contributed by atoms with Crippen molar-refractivity contribution in [2.75, 3.05) is 19.7 Å². The number of amides is 1. The quantitative estimate of drug-likeness (QED) is 0.731. The summed E-state index contributed by atoms with van der Waals surface area (Å²) in [4.78, 5) is 14.2. The van der Waals surface area contributed by atoms with Crippen LogP contribution in [0.5, 0.6) is 0 Å². The van der Waals surface area contributed by atoms with Gasteiger partial charge in [0.1, 0.15) is 0 Å². The van der Waals surface area contributed by atoms with E-state index < -0.39 is 0 Å². The Morgan fingerprint density at radius 2 is 2.22 bits per heavy atom. The first-order valence-electron chi connectivity index (χ1n) is 6.97. The van der Waals surface area contributed by atoms with Crippen LogP contribution in [0.4, 0.5) is 0 Å². The van der Waals surface area contributed by atoms with Crippen molar-refractivity contribution in [1.82, 2.24) is 10.2 Å². The topological polar surface area (TPSA) is 67.6 Å². The molecule has 2 rings (SSSR count). The van der Waals surface area contributed by atoms with Gasteiger partial charge in [0.15, 0.2) is 0 Å². The van der Waals surface area contributed by atoms with Crippen molar-refractivity contribution < 1.29 is 9.53 Å². The van der Waals surface area contributed by atoms with Gasteiger partial charge in [0, 0.05) is 37.6 Å². The van der Waals surface area contributed by atoms with E-state index in [-0.39, 0.29) is 18.1 Å². The van der Waals surface area contributed by atoms with Gasteiger partial charge in [0.2, 0.25) is 5.91 Å². The van der Waals surface area contributed by atoms with Crippen molar-refractivity contribution in [2.45, 2.75) is 57.3 Å². The second kappa shape index (κ2) is 5.99. The number of hydrogen-bond acceptors (Lipinski definition) is 4. The summed E-state index contributed by atoms with van der Waals surface area (Å²) in [5.74, 6) is 0.138. The maximum Gasteiger partial charge on any atom is 0.221 e. The highest BCUT2D eigenvalue weighted by Crippen LogP contribution is 2.20. The van der Waals surface area contributed by atoms with Gasteiger partial charge in [0.05, 0.1) is 12.7 Å². The second-order valence-corrected chi connectivity index (χ2v) is 5.63. The van der Waals surface area contributed by atoms with E-state index >= 15 is 0 Å². The third-order valence-electron chi connectivity index (χ3n) is 3.76. The van der Waals surface area contributed by atoms with Gasteiger partial charge in [-0.25, -0.2) is 0 Å². The van der Waals surface area contributed by atoms with Crippen molar-refractivity contribution >= 4 is 5.91 Å². The van der Waals surface area contributed by atoms with E-state index in [1.807, 2.05) is 0 Å². The van der Waals surface area contributed by atoms with Gasteiger partial charge >= 0.3 is 0 Å². The molecule has 3 unspecified atom stereocenters. The number of carbonyl (C=O) groups excluding carboxylic acids is 1. The summed E-state index contributed by atoms with van der Waals surface area (Å²) >= 11 is 0. The highest BCUT2D eigenvalue weighted by atomic mass is 16.5. The van der Waals surface area contributed by atoms with Gasteiger partial charge in [0.25, 0.3) is 0 Å². The van der Waals surface area contributed by atoms with E-state index in [0.29, 0.717) is 25.0 Å². The molecule has 5 nitrogen and oxygen atoms in total. The molecule has 0 spiro atoms. The van der Waals surface area contributed by atoms with Crippen LogP contribution in [0, 0.1) is 0 Å². The van der Waals surface area contributed by atoms with Crippen LogP contribution in [0.15, 0.2) is 0 Å². The predicted molar refractivity (Wildman–Crippen MR) is 70.2 cm³/mol. The van der Waals surface area contributed by atoms with Crippen molar-refractivity contribution in [3.05, 3.63) is 0 Å². The summed E-state index contributed by atoms with van der Waals surface area (Å²) < 4.78 is 5.61. The van der Waals surface area contributed by atoms with Crippen LogP contribution in [0.2, 0.25) is 0 Å². The van der Waals surface area contributed by atoms with Gasteiger partial charge < -0.3 is 15.8 Å². The molecule has 2 aliphatic rings. The number of hydrogen-bond donors (Lipinski definition) is 2. The van der Waals surface area contributed by atoms with Crippen LogP contribution in [0.1, 0.15) is 33.1 Å². The number of morpholine rings is 1. The average Bonchev–Trinajstić information content (AvgIpc) is 3.13. The SMILES string of the molecule is CC1CN(C(CN)CC(=O)NC2CC2)C(C)CO1. The lowest BCUT2D eigenvalue weighted by atomic mass is 10.1. The van der Waals surface area contributed by atoms with Gasteiger partial charge in [-0.3, -0.25) is 9.69 Å². The van der Waals surface area contributed by atoms with Crippen LogP contribution in [-0.4, -0.2) is 54.7 Å². The summed E-state index contributed by atoms with van der Waals surface area (Å²) in [6, 6.07) is 0.894. The number of nitrogens with two attached hydrogens (primary N) is 1. The molecule has 2 fully saturated rings. The van der Waals surface area contributed by atoms with Gasteiger partial charge in [-0.1, -0.05) is 0 Å². The smallest absolute Gasteiger partial charge is 0.221 e. The van der Waals surface area contributed by atoms with E-state index in [9.17, 15) is 4.79 Å². The molecule has 1 aliphatic carbocycles. The first-order valence-corrected chi connectivity index (χ1v) is 6.97. The fraction of sp³-hybridized carbons (Fsp3) is 0.923. The van der Waals surface area contributed by atoms with Crippen LogP contribution in [0.25, 0.3) is 0 Å². The molecule has 1 heterocycles. The van der Waals surface area contributed by atoms with Gasteiger partial charge in [-0.15, -0.1) is 0 Å². The molecular weight excluding hydrogens is 230 g/mol. The lowest BCUT2D eigenvalue weighted by molar-refractivity contribution is -0.124. The third kappa shape index (κ3) is 3.67. The number of ether oxygens (including phenoxy) is 1. The minimum Gasteiger partial charge on any atom is -0.376 e. The first kappa shape index (κ1) is 13.8. The lowest BCUT2D eigenvalue weighted by Gasteiger charge is -2.41. The maximum atomic E-state index is 11.9. The Morgan fingerprint density at radius 3 is 2.83 bits per heavy atom. The summed E-state index contributed by atoms with van der Waals surface area (Å²) in [5, 5.41) is 3.03. The second-order valence-electron chi connectivity index (χ2n) is 5.63. The summed E-state index contributed by atoms with van der Waals surface area (Å²) in [7, 11) is 0. The number of rotatable bonds is 5. The molecule has 18 heavy (non-hydrogen) atoms. The predicted octanol–water partition coefficient (Wildman–Crippen LogP) is 0.0916. The molecule has 0 aromatic carbocycles. The molecule has 0 aromatic heterocycles. The minimum atomic E-state index is 0.130. The van der Waals surface area contributed by atoms with E-state index in [2.05, 4.69) is 24.1 Å². The molecule has 0 bridgehead atoms. The number of carbonyl (C=O) groups is 1. The average molecular weight is 255 g/mol. The molecule has 1 aliphatic heterocycles. The van der Waals surface area contributed by atoms with Crippen molar-refractivity contribution in [3.63, 3.8) is 0 Å². The highest BCUT2D eigenvalue weighted by molar-refractivity contribution is 5.77. The largest absolute Gasteiger partial charge is 0.376 e. The molecule has 104 valence electrons. The molecule has 0 aromatic rings. The Balaban J connectivity index is 1.87. The number of nitrogens with one attached hydrogen (secondary N) is 1. The maximum absolute atomic E-state index is 11.9. The lowest BCUT2D eigenvalue weighted by Crippen LogP contribution is -2.55. The minimum absolute atomic E-state index is 0.130. The Kier molecular flexibility index (Phi) is 4.59. The fourth-order valence-corrected chi connectivity index (χ4v) is 2.50. The van der Waals surface area contributed by atoms with Crippen molar-refractivity contribution in [1.29, 1.82) is 0 Å². The standard InChI is InChI=1S/C13H25N3O2/c1-9-8-18-10(2)7-16(9)12(6-14)5-13(17)15-11-3-4-11/h9-12H,3-8,14H2,1-2H3,(H,15,17). The third-order valence-corrected chi connectivity index (χ3v) is 3.76. The Morgan fingerprint density at radius 1 is 1.50 bits per heavy atom. The van der Waals surface area contributed by atoms with E-state index in [0.717, 1.165) is 26.0 Å². The Labute approximate surface area is 109 Å². The zero-order chi connectivity index (χ0) is 13.1. The van der Waals surface area contributed by atoms with E-state index in [4.69, 9.17) is 10.5 Å². The van der Waals surface area contributed by atoms with E-state index in [1.54, 1.807) is 0 Å². The van der Waals surface area contributed by atoms with Crippen LogP contribution in [0.3, 0.4) is 0 Å². The molecule has 1 saturated heterocycles. The fourth-order valence-electron chi connectivity index (χ4n) is 2.50. The molecule has 5 heteroatoms. The molecular formula is C13H25N3O2. The van der Waals surface area contributed by atoms with E-state index in [1.165, 1.54) is 0 Å². The molecule has 1 saturated carbocycles. The zero-order valence-electron chi connectivity index (χ0n) is 11.4. The monoisotopic (exact) mass is 255 g/mol. The Bertz CT molecular complexity index is 294. The summed E-state index contributed by atoms with van der Waals surface area (Å²) in [6.07, 6.45) is 2.99. The van der Waals surface area contributed by atoms with Crippen molar-refractivity contribution in [3.8, 4) is 0 Å². The summed E-state index contributed by atoms with van der Waals surface area (Å²) in [6.45, 7) is 6.31. The zero-order valence-corrected chi connectivity index (χ0v) is 11.4. The normalized spacial score (nSPS) is 31.1. The van der Waals surface area contributed by atoms with Crippen molar-refractivity contribution in [2.24, 2.45) is 5.73 Å². The number of nitrogens with zero attached hydrogens (tertiary/aromatic N) is 1. The molecule has 1 amide bonds. The molecule has 3 atom stereocenters. The first-order chi connectivity index (χ1) is 8.60. The molecule has 0 radical (unpaired) electrons. The highest BCUT2D eigenvalue weighted by Gasteiger charge is 2.31. The van der Waals surface area contributed by atoms with Crippen LogP contribution < -0.4 is 11.1 Å². The van der Waals surface area contributed by atoms with Gasteiger partial charge in [-0.05, 0) is 26.7 Å². The van der Waals surface area contributed by atoms with Crippen LogP contribution in [-0.2, 0) is 9.53 Å². The van der Waals surface area contributed by atoms with Gasteiger partial charge in [-0.2, -0.15) is 0 Å².